The van der Waals surface area contributed by atoms with Crippen LogP contribution in [-0.2, 0) is 0 Å². The molecule has 0 spiro atoms. The SMILES string of the molecule is NCCCC(CN)CC(O)=S. The number of hydrogen-bond acceptors (Lipinski definition) is 3. The van der Waals surface area contributed by atoms with E-state index in [1.54, 1.807) is 0 Å². The molecular weight excluding hydrogens is 160 g/mol. The number of rotatable bonds is 6. The summed E-state index contributed by atoms with van der Waals surface area (Å²) in [7, 11) is 0. The second-order valence-corrected chi connectivity index (χ2v) is 3.10. The van der Waals surface area contributed by atoms with Crippen molar-refractivity contribution in [3.05, 3.63) is 0 Å². The largest absolute Gasteiger partial charge is 0.502 e. The van der Waals surface area contributed by atoms with E-state index in [0.29, 0.717) is 25.4 Å². The van der Waals surface area contributed by atoms with Gasteiger partial charge >= 0.3 is 0 Å². The molecule has 0 aromatic rings. The van der Waals surface area contributed by atoms with E-state index in [1.807, 2.05) is 0 Å². The molecule has 66 valence electrons. The molecule has 1 unspecified atom stereocenters. The topological polar surface area (TPSA) is 72.3 Å². The number of hydrogen-bond donors (Lipinski definition) is 3. The molecule has 5 N–H and O–H groups in total. The van der Waals surface area contributed by atoms with Crippen LogP contribution >= 0.6 is 12.2 Å². The van der Waals surface area contributed by atoms with Crippen LogP contribution in [0.3, 0.4) is 0 Å². The minimum absolute atomic E-state index is 0.0532. The van der Waals surface area contributed by atoms with E-state index in [-0.39, 0.29) is 5.05 Å². The molecule has 0 aromatic heterocycles. The number of nitrogens with two attached hydrogens (primary N) is 2. The quantitative estimate of drug-likeness (QED) is 0.517. The van der Waals surface area contributed by atoms with Crippen LogP contribution in [-0.4, -0.2) is 23.2 Å². The second kappa shape index (κ2) is 6.52. The third-order valence-corrected chi connectivity index (χ3v) is 1.78. The van der Waals surface area contributed by atoms with Gasteiger partial charge in [0.25, 0.3) is 0 Å². The molecule has 0 saturated carbocycles. The first kappa shape index (κ1) is 10.8. The summed E-state index contributed by atoms with van der Waals surface area (Å²) in [6.07, 6.45) is 2.43. The van der Waals surface area contributed by atoms with Gasteiger partial charge < -0.3 is 16.6 Å². The molecular formula is C7H16N2OS. The van der Waals surface area contributed by atoms with Crippen LogP contribution in [0.25, 0.3) is 0 Å². The van der Waals surface area contributed by atoms with Crippen molar-refractivity contribution in [1.82, 2.24) is 0 Å². The zero-order valence-corrected chi connectivity index (χ0v) is 7.44. The van der Waals surface area contributed by atoms with Gasteiger partial charge in [0.1, 0.15) is 0 Å². The summed E-state index contributed by atoms with van der Waals surface area (Å²) in [4.78, 5) is 0. The first-order chi connectivity index (χ1) is 5.20. The highest BCUT2D eigenvalue weighted by Crippen LogP contribution is 2.09. The minimum Gasteiger partial charge on any atom is -0.502 e. The van der Waals surface area contributed by atoms with Crippen LogP contribution in [0.1, 0.15) is 19.3 Å². The summed E-state index contributed by atoms with van der Waals surface area (Å²) in [5.74, 6) is 0.302. The fraction of sp³-hybridized carbons (Fsp3) is 0.857. The molecule has 11 heavy (non-hydrogen) atoms. The third-order valence-electron chi connectivity index (χ3n) is 1.61. The minimum atomic E-state index is 0.0532. The zero-order valence-electron chi connectivity index (χ0n) is 6.62. The van der Waals surface area contributed by atoms with Gasteiger partial charge in [0.2, 0.25) is 0 Å². The maximum Gasteiger partial charge on any atom is 0.156 e. The molecule has 1 atom stereocenters. The molecule has 0 aromatic carbocycles. The fourth-order valence-electron chi connectivity index (χ4n) is 0.957. The van der Waals surface area contributed by atoms with Crippen LogP contribution in [0, 0.1) is 5.92 Å². The molecule has 0 heterocycles. The lowest BCUT2D eigenvalue weighted by Gasteiger charge is -2.11. The number of thiocarbonyl (C=S) groups is 1. The van der Waals surface area contributed by atoms with Crippen LogP contribution in [0.15, 0.2) is 0 Å². The molecule has 0 aliphatic heterocycles. The van der Waals surface area contributed by atoms with Crippen molar-refractivity contribution >= 4 is 17.3 Å². The number of aliphatic hydroxyl groups is 1. The van der Waals surface area contributed by atoms with Crippen molar-refractivity contribution in [2.24, 2.45) is 17.4 Å². The molecule has 0 aliphatic carbocycles. The zero-order chi connectivity index (χ0) is 8.69. The first-order valence-corrected chi connectivity index (χ1v) is 4.23. The van der Waals surface area contributed by atoms with Gasteiger partial charge in [0.15, 0.2) is 5.05 Å². The Bertz CT molecular complexity index is 119. The smallest absolute Gasteiger partial charge is 0.156 e. The molecule has 0 amide bonds. The summed E-state index contributed by atoms with van der Waals surface area (Å²) >= 11 is 4.56. The van der Waals surface area contributed by atoms with E-state index >= 15 is 0 Å². The van der Waals surface area contributed by atoms with Crippen LogP contribution in [0.4, 0.5) is 0 Å². The lowest BCUT2D eigenvalue weighted by Crippen LogP contribution is -2.18. The molecule has 0 radical (unpaired) electrons. The van der Waals surface area contributed by atoms with E-state index in [4.69, 9.17) is 16.6 Å². The molecule has 0 bridgehead atoms. The van der Waals surface area contributed by atoms with Gasteiger partial charge in [-0.1, -0.05) is 0 Å². The van der Waals surface area contributed by atoms with E-state index in [2.05, 4.69) is 12.2 Å². The predicted octanol–water partition coefficient (Wildman–Crippen LogP) is 0.576. The first-order valence-electron chi connectivity index (χ1n) is 3.82. The van der Waals surface area contributed by atoms with Crippen LogP contribution in [0.5, 0.6) is 0 Å². The molecule has 0 rings (SSSR count). The highest BCUT2D eigenvalue weighted by Gasteiger charge is 2.07. The molecule has 0 fully saturated rings. The van der Waals surface area contributed by atoms with Gasteiger partial charge in [0, 0.05) is 6.42 Å². The summed E-state index contributed by atoms with van der Waals surface area (Å²) in [6.45, 7) is 1.25. The van der Waals surface area contributed by atoms with Gasteiger partial charge in [-0.05, 0) is 44.1 Å². The lowest BCUT2D eigenvalue weighted by atomic mass is 10.0. The lowest BCUT2D eigenvalue weighted by molar-refractivity contribution is 0.456. The van der Waals surface area contributed by atoms with Crippen molar-refractivity contribution in [1.29, 1.82) is 0 Å². The Morgan fingerprint density at radius 3 is 2.45 bits per heavy atom. The average Bonchev–Trinajstić information content (AvgIpc) is 1.97. The summed E-state index contributed by atoms with van der Waals surface area (Å²) in [5, 5.41) is 8.85. The summed E-state index contributed by atoms with van der Waals surface area (Å²) in [6, 6.07) is 0. The number of aliphatic hydroxyl groups excluding tert-OH is 1. The molecule has 0 saturated heterocycles. The van der Waals surface area contributed by atoms with Crippen molar-refractivity contribution in [2.45, 2.75) is 19.3 Å². The Kier molecular flexibility index (Phi) is 6.40. The van der Waals surface area contributed by atoms with Crippen molar-refractivity contribution < 1.29 is 5.11 Å². The maximum atomic E-state index is 8.80. The maximum absolute atomic E-state index is 8.80. The van der Waals surface area contributed by atoms with Gasteiger partial charge in [-0.2, -0.15) is 0 Å². The Balaban J connectivity index is 3.49. The Labute approximate surface area is 72.8 Å². The fourth-order valence-corrected chi connectivity index (χ4v) is 1.19. The van der Waals surface area contributed by atoms with E-state index < -0.39 is 0 Å². The van der Waals surface area contributed by atoms with Gasteiger partial charge in [-0.15, -0.1) is 0 Å². The third kappa shape index (κ3) is 6.22. The van der Waals surface area contributed by atoms with E-state index in [1.165, 1.54) is 0 Å². The van der Waals surface area contributed by atoms with Gasteiger partial charge in [-0.3, -0.25) is 0 Å². The second-order valence-electron chi connectivity index (χ2n) is 2.63. The van der Waals surface area contributed by atoms with Crippen molar-refractivity contribution in [2.75, 3.05) is 13.1 Å². The molecule has 4 heteroatoms. The predicted molar refractivity (Wildman–Crippen MR) is 50.7 cm³/mol. The van der Waals surface area contributed by atoms with Crippen LogP contribution in [0.2, 0.25) is 0 Å². The normalized spacial score (nSPS) is 12.9. The van der Waals surface area contributed by atoms with Crippen LogP contribution < -0.4 is 11.5 Å². The van der Waals surface area contributed by atoms with Gasteiger partial charge in [-0.25, -0.2) is 0 Å². The Morgan fingerprint density at radius 2 is 2.09 bits per heavy atom. The van der Waals surface area contributed by atoms with Gasteiger partial charge in [0.05, 0.1) is 0 Å². The Morgan fingerprint density at radius 1 is 1.45 bits per heavy atom. The Hall–Kier alpha value is -0.190. The molecule has 0 aliphatic rings. The van der Waals surface area contributed by atoms with E-state index in [0.717, 1.165) is 12.8 Å². The van der Waals surface area contributed by atoms with Crippen molar-refractivity contribution in [3.63, 3.8) is 0 Å². The summed E-state index contributed by atoms with van der Waals surface area (Å²) in [5.41, 5.74) is 10.8. The average molecular weight is 176 g/mol. The standard InChI is InChI=1S/C7H16N2OS/c8-3-1-2-6(5-9)4-7(10)11/h6H,1-5,8-9H2,(H,10,11). The molecule has 3 nitrogen and oxygen atoms in total. The monoisotopic (exact) mass is 176 g/mol. The van der Waals surface area contributed by atoms with E-state index in [9.17, 15) is 0 Å². The highest BCUT2D eigenvalue weighted by atomic mass is 32.1. The summed E-state index contributed by atoms with van der Waals surface area (Å²) < 4.78 is 0. The highest BCUT2D eigenvalue weighted by molar-refractivity contribution is 7.80. The van der Waals surface area contributed by atoms with Crippen molar-refractivity contribution in [3.8, 4) is 0 Å².